The van der Waals surface area contributed by atoms with Crippen LogP contribution in [0.1, 0.15) is 39.0 Å². The molecule has 0 spiro atoms. The number of benzene rings is 2. The second-order valence-corrected chi connectivity index (χ2v) is 5.70. The molecule has 0 fully saturated rings. The number of aromatic hydroxyl groups is 1. The lowest BCUT2D eigenvalue weighted by molar-refractivity contribution is 0.102. The molecular weight excluding hydrogens is 260 g/mol. The third-order valence-electron chi connectivity index (χ3n) is 4.01. The summed E-state index contributed by atoms with van der Waals surface area (Å²) in [5.74, 6) is 0.339. The number of carbonyl (C=O) groups is 1. The Balaban J connectivity index is 2.03. The molecule has 2 aromatic carbocycles. The zero-order valence-electron chi connectivity index (χ0n) is 12.3. The fourth-order valence-corrected chi connectivity index (χ4v) is 3.03. The van der Waals surface area contributed by atoms with Crippen molar-refractivity contribution in [3.8, 4) is 5.75 Å². The summed E-state index contributed by atoms with van der Waals surface area (Å²) in [6.45, 7) is 4.09. The number of allylic oxidation sites excluding steroid dienone is 1. The smallest absolute Gasteiger partial charge is 0.189 e. The van der Waals surface area contributed by atoms with Crippen LogP contribution in [0.3, 0.4) is 0 Å². The number of rotatable bonds is 1. The number of Topliss-reactive ketones (excluding diaryl/α,β-unsaturated/α-hetero) is 1. The van der Waals surface area contributed by atoms with Crippen molar-refractivity contribution in [2.75, 3.05) is 0 Å². The molecule has 0 aromatic heterocycles. The van der Waals surface area contributed by atoms with Gasteiger partial charge in [-0.25, -0.2) is 0 Å². The van der Waals surface area contributed by atoms with Crippen LogP contribution < -0.4 is 0 Å². The van der Waals surface area contributed by atoms with Crippen LogP contribution in [-0.2, 0) is 6.42 Å². The van der Waals surface area contributed by atoms with Gasteiger partial charge in [0.15, 0.2) is 5.78 Å². The SMILES string of the molecule is Cc1cc(C)c2c(c1)C(=O)/C(=C\c1cccc(O)c1)CC2. The van der Waals surface area contributed by atoms with Gasteiger partial charge in [-0.3, -0.25) is 4.79 Å². The predicted molar refractivity (Wildman–Crippen MR) is 84.7 cm³/mol. The van der Waals surface area contributed by atoms with E-state index in [1.165, 1.54) is 11.1 Å². The van der Waals surface area contributed by atoms with Gasteiger partial charge < -0.3 is 5.11 Å². The van der Waals surface area contributed by atoms with Crippen LogP contribution in [0.5, 0.6) is 5.75 Å². The number of carbonyl (C=O) groups excluding carboxylic acids is 1. The summed E-state index contributed by atoms with van der Waals surface area (Å²) in [6, 6.07) is 11.1. The second kappa shape index (κ2) is 5.21. The first-order chi connectivity index (χ1) is 10.0. The van der Waals surface area contributed by atoms with Gasteiger partial charge >= 0.3 is 0 Å². The van der Waals surface area contributed by atoms with E-state index in [9.17, 15) is 9.90 Å². The zero-order chi connectivity index (χ0) is 15.0. The van der Waals surface area contributed by atoms with E-state index in [-0.39, 0.29) is 11.5 Å². The first kappa shape index (κ1) is 13.6. The molecule has 2 heteroatoms. The van der Waals surface area contributed by atoms with E-state index in [0.29, 0.717) is 0 Å². The minimum Gasteiger partial charge on any atom is -0.508 e. The van der Waals surface area contributed by atoms with Crippen LogP contribution in [0.15, 0.2) is 42.0 Å². The van der Waals surface area contributed by atoms with Crippen molar-refractivity contribution in [3.63, 3.8) is 0 Å². The number of hydrogen-bond donors (Lipinski definition) is 1. The Hall–Kier alpha value is -2.35. The molecule has 0 heterocycles. The quantitative estimate of drug-likeness (QED) is 0.793. The lowest BCUT2D eigenvalue weighted by Gasteiger charge is -2.20. The highest BCUT2D eigenvalue weighted by atomic mass is 16.3. The molecule has 0 amide bonds. The summed E-state index contributed by atoms with van der Waals surface area (Å²) in [5, 5.41) is 9.52. The van der Waals surface area contributed by atoms with Crippen molar-refractivity contribution >= 4 is 11.9 Å². The van der Waals surface area contributed by atoms with Crippen molar-refractivity contribution in [1.29, 1.82) is 0 Å². The van der Waals surface area contributed by atoms with E-state index < -0.39 is 0 Å². The Bertz CT molecular complexity index is 754. The molecule has 21 heavy (non-hydrogen) atoms. The van der Waals surface area contributed by atoms with Gasteiger partial charge in [0.05, 0.1) is 0 Å². The molecule has 0 unspecified atom stereocenters. The summed E-state index contributed by atoms with van der Waals surface area (Å²) in [7, 11) is 0. The van der Waals surface area contributed by atoms with Gasteiger partial charge in [0.2, 0.25) is 0 Å². The van der Waals surface area contributed by atoms with E-state index >= 15 is 0 Å². The highest BCUT2D eigenvalue weighted by Gasteiger charge is 2.23. The Morgan fingerprint density at radius 3 is 2.67 bits per heavy atom. The molecule has 0 atom stereocenters. The summed E-state index contributed by atoms with van der Waals surface area (Å²) in [5.41, 5.74) is 6.03. The van der Waals surface area contributed by atoms with E-state index in [0.717, 1.165) is 35.1 Å². The lowest BCUT2D eigenvalue weighted by Crippen LogP contribution is -2.15. The van der Waals surface area contributed by atoms with Gasteiger partial charge in [-0.1, -0.05) is 23.8 Å². The lowest BCUT2D eigenvalue weighted by atomic mass is 9.83. The summed E-state index contributed by atoms with van der Waals surface area (Å²) < 4.78 is 0. The predicted octanol–water partition coefficient (Wildman–Crippen LogP) is 4.22. The van der Waals surface area contributed by atoms with Gasteiger partial charge in [0, 0.05) is 11.1 Å². The first-order valence-corrected chi connectivity index (χ1v) is 7.19. The fourth-order valence-electron chi connectivity index (χ4n) is 3.03. The van der Waals surface area contributed by atoms with Crippen LogP contribution in [0.25, 0.3) is 6.08 Å². The molecule has 0 saturated carbocycles. The van der Waals surface area contributed by atoms with Gasteiger partial charge in [0.25, 0.3) is 0 Å². The third-order valence-corrected chi connectivity index (χ3v) is 4.01. The molecule has 1 aliphatic rings. The van der Waals surface area contributed by atoms with Crippen LogP contribution in [0.4, 0.5) is 0 Å². The molecule has 2 nitrogen and oxygen atoms in total. The van der Waals surface area contributed by atoms with Crippen molar-refractivity contribution < 1.29 is 9.90 Å². The maximum Gasteiger partial charge on any atom is 0.189 e. The summed E-state index contributed by atoms with van der Waals surface area (Å²) >= 11 is 0. The molecule has 0 bridgehead atoms. The number of phenolic OH excluding ortho intramolecular Hbond substituents is 1. The van der Waals surface area contributed by atoms with Crippen LogP contribution >= 0.6 is 0 Å². The molecule has 106 valence electrons. The molecule has 0 radical (unpaired) electrons. The highest BCUT2D eigenvalue weighted by Crippen LogP contribution is 2.30. The van der Waals surface area contributed by atoms with E-state index in [1.54, 1.807) is 18.2 Å². The summed E-state index contributed by atoms with van der Waals surface area (Å²) in [6.07, 6.45) is 3.55. The van der Waals surface area contributed by atoms with Crippen molar-refractivity contribution in [2.24, 2.45) is 0 Å². The topological polar surface area (TPSA) is 37.3 Å². The molecule has 0 aliphatic heterocycles. The largest absolute Gasteiger partial charge is 0.508 e. The molecule has 2 aromatic rings. The normalized spacial score (nSPS) is 16.1. The standard InChI is InChI=1S/C19H18O2/c1-12-8-13(2)17-7-6-15(19(21)18(17)9-12)10-14-4-3-5-16(20)11-14/h3-5,8-11,20H,6-7H2,1-2H3/b15-10-. The zero-order valence-corrected chi connectivity index (χ0v) is 12.3. The minimum atomic E-state index is 0.117. The maximum absolute atomic E-state index is 12.7. The summed E-state index contributed by atoms with van der Waals surface area (Å²) in [4.78, 5) is 12.7. The van der Waals surface area contributed by atoms with Crippen molar-refractivity contribution in [1.82, 2.24) is 0 Å². The van der Waals surface area contributed by atoms with Crippen molar-refractivity contribution in [3.05, 3.63) is 69.8 Å². The van der Waals surface area contributed by atoms with Crippen molar-refractivity contribution in [2.45, 2.75) is 26.7 Å². The fraction of sp³-hybridized carbons (Fsp3) is 0.211. The monoisotopic (exact) mass is 278 g/mol. The van der Waals surface area contributed by atoms with E-state index in [4.69, 9.17) is 0 Å². The average molecular weight is 278 g/mol. The van der Waals surface area contributed by atoms with Crippen LogP contribution in [0.2, 0.25) is 0 Å². The Kier molecular flexibility index (Phi) is 3.38. The Labute approximate surface area is 124 Å². The molecule has 0 saturated heterocycles. The number of fused-ring (bicyclic) bond motifs is 1. The number of aryl methyl sites for hydroxylation is 2. The van der Waals surface area contributed by atoms with E-state index in [1.807, 2.05) is 25.1 Å². The number of hydrogen-bond acceptors (Lipinski definition) is 2. The van der Waals surface area contributed by atoms with E-state index in [2.05, 4.69) is 13.0 Å². The van der Waals surface area contributed by atoms with Crippen LogP contribution in [0, 0.1) is 13.8 Å². The van der Waals surface area contributed by atoms with Gasteiger partial charge in [-0.2, -0.15) is 0 Å². The number of phenols is 1. The Morgan fingerprint density at radius 2 is 1.90 bits per heavy atom. The molecule has 1 aliphatic carbocycles. The Morgan fingerprint density at radius 1 is 1.10 bits per heavy atom. The second-order valence-electron chi connectivity index (χ2n) is 5.70. The highest BCUT2D eigenvalue weighted by molar-refractivity contribution is 6.13. The molecular formula is C19H18O2. The maximum atomic E-state index is 12.7. The van der Waals surface area contributed by atoms with Crippen LogP contribution in [-0.4, -0.2) is 10.9 Å². The average Bonchev–Trinajstić information content (AvgIpc) is 2.42. The van der Waals surface area contributed by atoms with Gasteiger partial charge in [-0.05, 0) is 67.7 Å². The van der Waals surface area contributed by atoms with Gasteiger partial charge in [-0.15, -0.1) is 0 Å². The number of ketones is 1. The first-order valence-electron chi connectivity index (χ1n) is 7.19. The third kappa shape index (κ3) is 2.62. The van der Waals surface area contributed by atoms with Gasteiger partial charge in [0.1, 0.15) is 5.75 Å². The minimum absolute atomic E-state index is 0.117. The molecule has 3 rings (SSSR count). The molecule has 1 N–H and O–H groups in total.